The van der Waals surface area contributed by atoms with E-state index in [2.05, 4.69) is 0 Å². The van der Waals surface area contributed by atoms with Gasteiger partial charge in [-0.05, 0) is 13.3 Å². The summed E-state index contributed by atoms with van der Waals surface area (Å²) in [5, 5.41) is 9.79. The van der Waals surface area contributed by atoms with Crippen molar-refractivity contribution in [3.05, 3.63) is 0 Å². The number of carboxylic acids is 1. The molecule has 0 aromatic rings. The van der Waals surface area contributed by atoms with Crippen molar-refractivity contribution in [1.82, 2.24) is 5.32 Å². The molecule has 0 aromatic heterocycles. The van der Waals surface area contributed by atoms with Gasteiger partial charge in [0.05, 0.1) is 0 Å². The molecule has 2 N–H and O–H groups in total. The molecule has 1 amide bonds. The van der Waals surface area contributed by atoms with Gasteiger partial charge >= 0.3 is 24.0 Å². The van der Waals surface area contributed by atoms with Gasteiger partial charge in [-0.3, -0.25) is 4.79 Å². The van der Waals surface area contributed by atoms with E-state index < -0.39 is 29.5 Å². The lowest BCUT2D eigenvalue weighted by Crippen LogP contribution is -2.59. The Hall–Kier alpha value is -1.41. The van der Waals surface area contributed by atoms with Crippen LogP contribution in [0.25, 0.3) is 0 Å². The Labute approximate surface area is 92.8 Å². The van der Waals surface area contributed by atoms with E-state index in [1.54, 1.807) is 0 Å². The van der Waals surface area contributed by atoms with Gasteiger partial charge in [-0.1, -0.05) is 6.92 Å². The Morgan fingerprint density at radius 3 is 1.82 bits per heavy atom. The van der Waals surface area contributed by atoms with E-state index in [0.717, 1.165) is 6.92 Å². The molecule has 0 bridgehead atoms. The first-order valence-electron chi connectivity index (χ1n) is 4.39. The summed E-state index contributed by atoms with van der Waals surface area (Å²) in [6, 6.07) is 0. The number of aliphatic carboxylic acids is 1. The van der Waals surface area contributed by atoms with Gasteiger partial charge in [0.1, 0.15) is 5.54 Å². The number of hydrogen-bond donors (Lipinski definition) is 2. The number of carbonyl (C=O) groups excluding carboxylic acids is 1. The maximum Gasteiger partial charge on any atom is 0.463 e. The molecule has 1 atom stereocenters. The lowest BCUT2D eigenvalue weighted by molar-refractivity contribution is -0.270. The second kappa shape index (κ2) is 4.46. The van der Waals surface area contributed by atoms with Gasteiger partial charge in [-0.25, -0.2) is 4.79 Å². The number of hydrogen-bond acceptors (Lipinski definition) is 2. The second-order valence-corrected chi connectivity index (χ2v) is 3.52. The van der Waals surface area contributed by atoms with E-state index in [-0.39, 0.29) is 6.42 Å². The van der Waals surface area contributed by atoms with Crippen molar-refractivity contribution in [3.63, 3.8) is 0 Å². The summed E-state index contributed by atoms with van der Waals surface area (Å²) in [5.74, 6) is -10.0. The Kier molecular flexibility index (Phi) is 4.09. The molecule has 0 fully saturated rings. The molecule has 0 aliphatic carbocycles. The van der Waals surface area contributed by atoms with Crippen molar-refractivity contribution in [1.29, 1.82) is 0 Å². The number of carboxylic acid groups (broad SMARTS) is 1. The van der Waals surface area contributed by atoms with Crippen LogP contribution in [-0.4, -0.2) is 34.6 Å². The lowest BCUT2D eigenvalue weighted by atomic mass is 9.99. The minimum atomic E-state index is -6.07. The van der Waals surface area contributed by atoms with Crippen LogP contribution in [0.1, 0.15) is 20.3 Å². The van der Waals surface area contributed by atoms with Crippen LogP contribution in [0.15, 0.2) is 0 Å². The zero-order valence-electron chi connectivity index (χ0n) is 8.86. The van der Waals surface area contributed by atoms with Crippen LogP contribution in [0.2, 0.25) is 0 Å². The first kappa shape index (κ1) is 15.6. The van der Waals surface area contributed by atoms with Crippen molar-refractivity contribution in [2.24, 2.45) is 0 Å². The number of nitrogens with one attached hydrogen (secondary N) is 1. The quantitative estimate of drug-likeness (QED) is 0.756. The molecule has 1 unspecified atom stereocenters. The van der Waals surface area contributed by atoms with Crippen LogP contribution in [0.4, 0.5) is 22.0 Å². The molecule has 4 nitrogen and oxygen atoms in total. The van der Waals surface area contributed by atoms with Crippen molar-refractivity contribution in [2.45, 2.75) is 37.9 Å². The molecule has 9 heteroatoms. The summed E-state index contributed by atoms with van der Waals surface area (Å²) in [6.45, 7) is 2.06. The Bertz CT molecular complexity index is 328. The molecular weight excluding hydrogens is 253 g/mol. The molecule has 0 heterocycles. The average molecular weight is 263 g/mol. The highest BCUT2D eigenvalue weighted by Crippen LogP contribution is 2.36. The highest BCUT2D eigenvalue weighted by Gasteiger charge is 2.64. The van der Waals surface area contributed by atoms with Crippen LogP contribution in [0, 0.1) is 0 Å². The van der Waals surface area contributed by atoms with Crippen LogP contribution < -0.4 is 5.32 Å². The number of alkyl halides is 5. The third-order valence-electron chi connectivity index (χ3n) is 2.21. The fraction of sp³-hybridized carbons (Fsp3) is 0.750. The Morgan fingerprint density at radius 1 is 1.18 bits per heavy atom. The number of halogens is 5. The van der Waals surface area contributed by atoms with Gasteiger partial charge in [0, 0.05) is 0 Å². The fourth-order valence-electron chi connectivity index (χ4n) is 0.751. The van der Waals surface area contributed by atoms with Crippen LogP contribution in [0.5, 0.6) is 0 Å². The maximum atomic E-state index is 12.5. The summed E-state index contributed by atoms with van der Waals surface area (Å²) >= 11 is 0. The number of amides is 1. The number of rotatable bonds is 4. The normalized spacial score (nSPS) is 16.2. The first-order valence-corrected chi connectivity index (χ1v) is 4.39. The third-order valence-corrected chi connectivity index (χ3v) is 2.21. The minimum absolute atomic E-state index is 0.345. The second-order valence-electron chi connectivity index (χ2n) is 3.52. The molecule has 0 saturated heterocycles. The van der Waals surface area contributed by atoms with Crippen molar-refractivity contribution < 1.29 is 36.6 Å². The third kappa shape index (κ3) is 3.04. The van der Waals surface area contributed by atoms with Crippen molar-refractivity contribution >= 4 is 11.9 Å². The van der Waals surface area contributed by atoms with Gasteiger partial charge in [0.25, 0.3) is 0 Å². The summed E-state index contributed by atoms with van der Waals surface area (Å²) in [5.41, 5.74) is -2.17. The molecule has 100 valence electrons. The van der Waals surface area contributed by atoms with Crippen LogP contribution >= 0.6 is 0 Å². The maximum absolute atomic E-state index is 12.5. The standard InChI is InChI=1S/C8H10F5NO3/c1-3-6(2,5(16)17)14-4(15)7(9,10)8(11,12)13/h3H2,1-2H3,(H,14,15)(H,16,17). The van der Waals surface area contributed by atoms with Gasteiger partial charge in [-0.2, -0.15) is 22.0 Å². The summed E-state index contributed by atoms with van der Waals surface area (Å²) in [7, 11) is 0. The first-order chi connectivity index (χ1) is 7.38. The Balaban J connectivity index is 5.06. The van der Waals surface area contributed by atoms with Crippen LogP contribution in [-0.2, 0) is 9.59 Å². The minimum Gasteiger partial charge on any atom is -0.480 e. The smallest absolute Gasteiger partial charge is 0.463 e. The van der Waals surface area contributed by atoms with E-state index >= 15 is 0 Å². The van der Waals surface area contributed by atoms with E-state index in [1.807, 2.05) is 0 Å². The topological polar surface area (TPSA) is 66.4 Å². The summed E-state index contributed by atoms with van der Waals surface area (Å²) in [4.78, 5) is 21.4. The predicted octanol–water partition coefficient (Wildman–Crippen LogP) is 1.55. The summed E-state index contributed by atoms with van der Waals surface area (Å²) < 4.78 is 60.5. The largest absolute Gasteiger partial charge is 0.480 e. The summed E-state index contributed by atoms with van der Waals surface area (Å²) in [6.07, 6.45) is -6.41. The highest BCUT2D eigenvalue weighted by atomic mass is 19.4. The molecule has 0 radical (unpaired) electrons. The SMILES string of the molecule is CCC(C)(NC(=O)C(F)(F)C(F)(F)F)C(=O)O. The van der Waals surface area contributed by atoms with Gasteiger partial charge in [0.2, 0.25) is 0 Å². The van der Waals surface area contributed by atoms with Crippen LogP contribution in [0.3, 0.4) is 0 Å². The Morgan fingerprint density at radius 2 is 1.59 bits per heavy atom. The van der Waals surface area contributed by atoms with E-state index in [0.29, 0.717) is 0 Å². The number of carbonyl (C=O) groups is 2. The molecule has 17 heavy (non-hydrogen) atoms. The monoisotopic (exact) mass is 263 g/mol. The van der Waals surface area contributed by atoms with E-state index in [9.17, 15) is 31.5 Å². The zero-order chi connectivity index (χ0) is 14.1. The van der Waals surface area contributed by atoms with Gasteiger partial charge < -0.3 is 10.4 Å². The van der Waals surface area contributed by atoms with Crippen molar-refractivity contribution in [3.8, 4) is 0 Å². The average Bonchev–Trinajstić information content (AvgIpc) is 2.15. The predicted molar refractivity (Wildman–Crippen MR) is 45.5 cm³/mol. The van der Waals surface area contributed by atoms with E-state index in [1.165, 1.54) is 12.2 Å². The molecule has 0 aliphatic rings. The molecule has 0 rings (SSSR count). The fourth-order valence-corrected chi connectivity index (χ4v) is 0.751. The zero-order valence-corrected chi connectivity index (χ0v) is 8.86. The van der Waals surface area contributed by atoms with Gasteiger partial charge in [0.15, 0.2) is 0 Å². The molecular formula is C8H10F5NO3. The van der Waals surface area contributed by atoms with E-state index in [4.69, 9.17) is 5.11 Å². The molecule has 0 aromatic carbocycles. The highest BCUT2D eigenvalue weighted by molar-refractivity contribution is 5.90. The molecule has 0 aliphatic heterocycles. The lowest BCUT2D eigenvalue weighted by Gasteiger charge is -2.27. The molecule has 0 spiro atoms. The van der Waals surface area contributed by atoms with Crippen molar-refractivity contribution in [2.75, 3.05) is 0 Å². The van der Waals surface area contributed by atoms with Gasteiger partial charge in [-0.15, -0.1) is 0 Å². The molecule has 0 saturated carbocycles.